The van der Waals surface area contributed by atoms with E-state index >= 15 is 0 Å². The monoisotopic (exact) mass is 298 g/mol. The molecule has 0 N–H and O–H groups in total. The van der Waals surface area contributed by atoms with Crippen LogP contribution in [0, 0.1) is 5.41 Å². The van der Waals surface area contributed by atoms with Gasteiger partial charge in [-0.15, -0.1) is 0 Å². The quantitative estimate of drug-likeness (QED) is 0.693. The van der Waals surface area contributed by atoms with E-state index in [1.165, 1.54) is 0 Å². The van der Waals surface area contributed by atoms with Crippen molar-refractivity contribution in [1.29, 1.82) is 0 Å². The van der Waals surface area contributed by atoms with Crippen molar-refractivity contribution < 1.29 is 56.2 Å². The molecule has 0 saturated carbocycles. The van der Waals surface area contributed by atoms with Crippen LogP contribution in [0.1, 0.15) is 20.8 Å². The number of carbonyl (C=O) groups excluding carboxylic acids is 1. The maximum atomic E-state index is 12.6. The normalized spacial score (nSPS) is 13.1. The van der Waals surface area contributed by atoms with Crippen LogP contribution in [0.2, 0.25) is 39.3 Å². The molecule has 0 spiro atoms. The van der Waals surface area contributed by atoms with E-state index < -0.39 is 23.0 Å². The topological polar surface area (TPSA) is 17.1 Å². The first-order valence-corrected chi connectivity index (χ1v) is 16.2. The molecule has 0 amide bonds. The van der Waals surface area contributed by atoms with Gasteiger partial charge in [0.2, 0.25) is 0 Å². The van der Waals surface area contributed by atoms with Crippen LogP contribution in [0.15, 0.2) is 0 Å². The van der Waals surface area contributed by atoms with Gasteiger partial charge < -0.3 is 4.79 Å². The van der Waals surface area contributed by atoms with E-state index in [1.807, 2.05) is 0 Å². The van der Waals surface area contributed by atoms with Crippen molar-refractivity contribution in [2.45, 2.75) is 60.1 Å². The molecule has 90 valence electrons. The number of hydrogen-bond acceptors (Lipinski definition) is 1. The summed E-state index contributed by atoms with van der Waals surface area (Å²) in [5, 5.41) is 0.603. The minimum Gasteiger partial charge on any atom is -0.341 e. The molecule has 0 aromatic rings. The standard InChI is InChI=1S/C11H27OSi3.K/c1-11(2,3)10(12)13(14(4,5)6)15(7,8)9;/h1-9H3;/q-1;+1. The van der Waals surface area contributed by atoms with Crippen LogP contribution in [-0.2, 0) is 4.79 Å². The molecule has 0 radical (unpaired) electrons. The summed E-state index contributed by atoms with van der Waals surface area (Å²) in [6.07, 6.45) is 0. The van der Waals surface area contributed by atoms with Gasteiger partial charge in [-0.2, -0.15) is 0 Å². The van der Waals surface area contributed by atoms with E-state index in [4.69, 9.17) is 0 Å². The summed E-state index contributed by atoms with van der Waals surface area (Å²) in [6.45, 7) is 20.5. The first-order valence-electron chi connectivity index (χ1n) is 5.70. The molecule has 0 rings (SSSR count). The van der Waals surface area contributed by atoms with Gasteiger partial charge >= 0.3 is 51.4 Å². The van der Waals surface area contributed by atoms with Gasteiger partial charge in [-0.3, -0.25) is 0 Å². The molecule has 0 aliphatic rings. The smallest absolute Gasteiger partial charge is 0.341 e. The third-order valence-corrected chi connectivity index (χ3v) is 30.5. The van der Waals surface area contributed by atoms with Gasteiger partial charge in [0.15, 0.2) is 0 Å². The first kappa shape index (κ1) is 20.3. The Morgan fingerprint density at radius 2 is 1.12 bits per heavy atom. The third-order valence-electron chi connectivity index (χ3n) is 2.41. The minimum atomic E-state index is -1.28. The average molecular weight is 299 g/mol. The maximum absolute atomic E-state index is 12.6. The molecule has 16 heavy (non-hydrogen) atoms. The van der Waals surface area contributed by atoms with Crippen molar-refractivity contribution in [2.24, 2.45) is 5.41 Å². The van der Waals surface area contributed by atoms with Crippen LogP contribution in [0.4, 0.5) is 0 Å². The van der Waals surface area contributed by atoms with Crippen LogP contribution in [-0.4, -0.2) is 28.4 Å². The predicted molar refractivity (Wildman–Crippen MR) is 76.9 cm³/mol. The van der Waals surface area contributed by atoms with Gasteiger partial charge in [-0.1, -0.05) is 75.2 Å². The van der Waals surface area contributed by atoms with Crippen molar-refractivity contribution in [3.8, 4) is 0 Å². The molecule has 0 heterocycles. The summed E-state index contributed by atoms with van der Waals surface area (Å²) in [5.41, 5.74) is -0.130. The first-order chi connectivity index (χ1) is 6.28. The fraction of sp³-hybridized carbons (Fsp3) is 0.909. The molecule has 0 aromatic heterocycles. The van der Waals surface area contributed by atoms with Crippen molar-refractivity contribution in [3.05, 3.63) is 0 Å². The van der Waals surface area contributed by atoms with Gasteiger partial charge in [0.25, 0.3) is 0 Å². The summed E-state index contributed by atoms with van der Waals surface area (Å²) in [6, 6.07) is 0. The van der Waals surface area contributed by atoms with Crippen LogP contribution < -0.4 is 51.4 Å². The molecule has 0 atom stereocenters. The van der Waals surface area contributed by atoms with E-state index in [2.05, 4.69) is 60.1 Å². The molecule has 1 nitrogen and oxygen atoms in total. The Hall–Kier alpha value is 1.96. The molecular weight excluding hydrogens is 271 g/mol. The minimum absolute atomic E-state index is 0. The second-order valence-corrected chi connectivity index (χ2v) is 31.2. The van der Waals surface area contributed by atoms with Crippen LogP contribution in [0.25, 0.3) is 0 Å². The number of rotatable bonds is 3. The van der Waals surface area contributed by atoms with Crippen molar-refractivity contribution >= 4 is 28.4 Å². The Morgan fingerprint density at radius 3 is 1.19 bits per heavy atom. The second kappa shape index (κ2) is 6.41. The SMILES string of the molecule is CC(C)(C)C(=O)[Si-]([Si](C)(C)C)[Si](C)(C)C.[K+]. The van der Waals surface area contributed by atoms with E-state index in [0.717, 1.165) is 0 Å². The van der Waals surface area contributed by atoms with E-state index in [0.29, 0.717) is 5.41 Å². The van der Waals surface area contributed by atoms with Crippen molar-refractivity contribution in [1.82, 2.24) is 0 Å². The molecule has 0 aliphatic carbocycles. The summed E-state index contributed by atoms with van der Waals surface area (Å²) in [7, 11) is -3.33. The van der Waals surface area contributed by atoms with Gasteiger partial charge in [0.1, 0.15) is 0 Å². The molecule has 0 saturated heterocycles. The van der Waals surface area contributed by atoms with Gasteiger partial charge in [0.05, 0.1) is 0 Å². The Morgan fingerprint density at radius 1 is 0.875 bits per heavy atom. The number of carbonyl (C=O) groups is 1. The maximum Gasteiger partial charge on any atom is 1.00 e. The molecule has 5 heteroatoms. The van der Waals surface area contributed by atoms with Gasteiger partial charge in [-0.05, 0) is 10.8 Å². The molecule has 0 fully saturated rings. The number of hydrogen-bond donors (Lipinski definition) is 0. The van der Waals surface area contributed by atoms with E-state index in [1.54, 1.807) is 0 Å². The predicted octanol–water partition coefficient (Wildman–Crippen LogP) is 0.473. The Labute approximate surface area is 148 Å². The van der Waals surface area contributed by atoms with Gasteiger partial charge in [-0.25, -0.2) is 7.83 Å². The average Bonchev–Trinajstić information content (AvgIpc) is 1.76. The fourth-order valence-electron chi connectivity index (χ4n) is 2.18. The zero-order chi connectivity index (χ0) is 12.7. The summed E-state index contributed by atoms with van der Waals surface area (Å²) >= 11 is 0. The van der Waals surface area contributed by atoms with Crippen LogP contribution >= 0.6 is 0 Å². The molecule has 0 bridgehead atoms. The second-order valence-electron chi connectivity index (χ2n) is 7.45. The van der Waals surface area contributed by atoms with Crippen molar-refractivity contribution in [2.75, 3.05) is 0 Å². The Bertz CT molecular complexity index is 231. The summed E-state index contributed by atoms with van der Waals surface area (Å²) in [5.74, 6) is 0. The zero-order valence-electron chi connectivity index (χ0n) is 12.9. The van der Waals surface area contributed by atoms with Crippen LogP contribution in [0.3, 0.4) is 0 Å². The van der Waals surface area contributed by atoms with Gasteiger partial charge in [0, 0.05) is 0 Å². The Kier molecular flexibility index (Phi) is 8.12. The van der Waals surface area contributed by atoms with Crippen molar-refractivity contribution in [3.63, 3.8) is 0 Å². The Balaban J connectivity index is 0. The molecule has 0 unspecified atom stereocenters. The molecule has 0 aromatic carbocycles. The third kappa shape index (κ3) is 6.22. The fourth-order valence-corrected chi connectivity index (χ4v) is 39.9. The van der Waals surface area contributed by atoms with E-state index in [9.17, 15) is 4.79 Å². The van der Waals surface area contributed by atoms with Crippen LogP contribution in [0.5, 0.6) is 0 Å². The summed E-state index contributed by atoms with van der Waals surface area (Å²) in [4.78, 5) is 12.6. The zero-order valence-corrected chi connectivity index (χ0v) is 19.0. The summed E-state index contributed by atoms with van der Waals surface area (Å²) < 4.78 is 0. The molecular formula is C11H27KOSi3. The molecule has 0 aliphatic heterocycles. The largest absolute Gasteiger partial charge is 1.00 e. The van der Waals surface area contributed by atoms with E-state index in [-0.39, 0.29) is 56.8 Å².